The van der Waals surface area contributed by atoms with E-state index in [-0.39, 0.29) is 6.04 Å². The number of pyridine rings is 1. The van der Waals surface area contributed by atoms with Gasteiger partial charge in [-0.3, -0.25) is 0 Å². The van der Waals surface area contributed by atoms with Crippen molar-refractivity contribution in [2.24, 2.45) is 11.7 Å². The Morgan fingerprint density at radius 1 is 1.05 bits per heavy atom. The zero-order valence-corrected chi connectivity index (χ0v) is 14.0. The van der Waals surface area contributed by atoms with Gasteiger partial charge < -0.3 is 5.73 Å². The summed E-state index contributed by atoms with van der Waals surface area (Å²) in [5, 5.41) is 1.37. The summed E-state index contributed by atoms with van der Waals surface area (Å²) in [6.07, 6.45) is 0. The van der Waals surface area contributed by atoms with Gasteiger partial charge in [0.25, 0.3) is 0 Å². The van der Waals surface area contributed by atoms with E-state index in [0.717, 1.165) is 10.7 Å². The van der Waals surface area contributed by atoms with E-state index in [9.17, 15) is 0 Å². The van der Waals surface area contributed by atoms with Gasteiger partial charge in [-0.15, -0.1) is 11.8 Å². The molecule has 2 rings (SSSR count). The van der Waals surface area contributed by atoms with Crippen molar-refractivity contribution in [3.63, 3.8) is 0 Å². The topological polar surface area (TPSA) is 38.9 Å². The number of nitrogens with zero attached hydrogens (tertiary/aromatic N) is 1. The van der Waals surface area contributed by atoms with Crippen molar-refractivity contribution < 1.29 is 0 Å². The summed E-state index contributed by atoms with van der Waals surface area (Å²) < 4.78 is 0. The molecule has 0 aliphatic carbocycles. The zero-order valence-electron chi connectivity index (χ0n) is 13.2. The minimum atomic E-state index is 0.0128. The van der Waals surface area contributed by atoms with E-state index in [0.29, 0.717) is 11.2 Å². The van der Waals surface area contributed by atoms with Crippen molar-refractivity contribution in [2.75, 3.05) is 0 Å². The third kappa shape index (κ3) is 4.32. The minimum Gasteiger partial charge on any atom is -0.323 e. The number of benzene rings is 1. The van der Waals surface area contributed by atoms with Crippen LogP contribution >= 0.6 is 11.8 Å². The maximum Gasteiger partial charge on any atom is 0.0969 e. The Kier molecular flexibility index (Phi) is 5.43. The fourth-order valence-corrected chi connectivity index (χ4v) is 3.80. The average molecular weight is 300 g/mol. The molecule has 3 heteroatoms. The number of hydrogen-bond donors (Lipinski definition) is 1. The highest BCUT2D eigenvalue weighted by molar-refractivity contribution is 7.99. The quantitative estimate of drug-likeness (QED) is 0.825. The van der Waals surface area contributed by atoms with Crippen LogP contribution in [0.3, 0.4) is 0 Å². The molecular formula is C18H24N2S. The second-order valence-electron chi connectivity index (χ2n) is 5.89. The normalized spacial score (nSPS) is 14.2. The molecule has 0 amide bonds. The fourth-order valence-electron chi connectivity index (χ4n) is 2.49. The standard InChI is InChI=1S/C18H24N2S/c1-12(2)18(17(19)15-8-6-5-7-9-15)21-16-11-13(3)10-14(4)20-16/h5-12,17-18H,19H2,1-4H3. The van der Waals surface area contributed by atoms with Crippen LogP contribution < -0.4 is 5.73 Å². The van der Waals surface area contributed by atoms with Crippen LogP contribution in [0.2, 0.25) is 0 Å². The number of rotatable bonds is 5. The molecule has 2 atom stereocenters. The summed E-state index contributed by atoms with van der Waals surface area (Å²) in [5.74, 6) is 0.479. The molecular weight excluding hydrogens is 276 g/mol. The predicted molar refractivity (Wildman–Crippen MR) is 91.6 cm³/mol. The first-order valence-electron chi connectivity index (χ1n) is 7.40. The van der Waals surface area contributed by atoms with Crippen molar-refractivity contribution >= 4 is 11.8 Å². The van der Waals surface area contributed by atoms with Gasteiger partial charge in [-0.1, -0.05) is 44.2 Å². The lowest BCUT2D eigenvalue weighted by atomic mass is 9.97. The molecule has 2 nitrogen and oxygen atoms in total. The van der Waals surface area contributed by atoms with Crippen LogP contribution in [-0.4, -0.2) is 10.2 Å². The van der Waals surface area contributed by atoms with Gasteiger partial charge in [0.05, 0.1) is 5.03 Å². The number of aromatic nitrogens is 1. The van der Waals surface area contributed by atoms with E-state index in [1.54, 1.807) is 11.8 Å². The summed E-state index contributed by atoms with van der Waals surface area (Å²) >= 11 is 1.79. The summed E-state index contributed by atoms with van der Waals surface area (Å²) in [4.78, 5) is 4.64. The summed E-state index contributed by atoms with van der Waals surface area (Å²) in [7, 11) is 0. The van der Waals surface area contributed by atoms with Gasteiger partial charge >= 0.3 is 0 Å². The molecule has 0 aliphatic heterocycles. The Hall–Kier alpha value is -1.32. The van der Waals surface area contributed by atoms with Crippen molar-refractivity contribution in [1.82, 2.24) is 4.98 Å². The maximum absolute atomic E-state index is 6.52. The highest BCUT2D eigenvalue weighted by Crippen LogP contribution is 2.35. The lowest BCUT2D eigenvalue weighted by Gasteiger charge is -2.27. The van der Waals surface area contributed by atoms with Gasteiger partial charge in [0.1, 0.15) is 0 Å². The van der Waals surface area contributed by atoms with Crippen LogP contribution in [0, 0.1) is 19.8 Å². The molecule has 0 fully saturated rings. The molecule has 2 N–H and O–H groups in total. The van der Waals surface area contributed by atoms with Crippen LogP contribution in [0.4, 0.5) is 0 Å². The van der Waals surface area contributed by atoms with Crippen molar-refractivity contribution in [3.8, 4) is 0 Å². The molecule has 0 aliphatic rings. The largest absolute Gasteiger partial charge is 0.323 e. The summed E-state index contributed by atoms with van der Waals surface area (Å²) in [5.41, 5.74) is 10.0. The second-order valence-corrected chi connectivity index (χ2v) is 7.09. The lowest BCUT2D eigenvalue weighted by molar-refractivity contribution is 0.527. The average Bonchev–Trinajstić information content (AvgIpc) is 2.43. The molecule has 0 saturated heterocycles. The van der Waals surface area contributed by atoms with Crippen LogP contribution in [0.5, 0.6) is 0 Å². The Balaban J connectivity index is 2.23. The highest BCUT2D eigenvalue weighted by atomic mass is 32.2. The minimum absolute atomic E-state index is 0.0128. The van der Waals surface area contributed by atoms with Crippen LogP contribution in [0.25, 0.3) is 0 Å². The van der Waals surface area contributed by atoms with Crippen LogP contribution in [-0.2, 0) is 0 Å². The molecule has 0 radical (unpaired) electrons. The Bertz CT molecular complexity index is 561. The monoisotopic (exact) mass is 300 g/mol. The highest BCUT2D eigenvalue weighted by Gasteiger charge is 2.24. The molecule has 2 aromatic rings. The number of nitrogens with two attached hydrogens (primary N) is 1. The van der Waals surface area contributed by atoms with E-state index in [1.807, 2.05) is 25.1 Å². The van der Waals surface area contributed by atoms with Gasteiger partial charge in [-0.05, 0) is 43.0 Å². The number of aryl methyl sites for hydroxylation is 2. The number of thioether (sulfide) groups is 1. The SMILES string of the molecule is Cc1cc(C)nc(SC(C(C)C)C(N)c2ccccc2)c1. The van der Waals surface area contributed by atoms with E-state index in [2.05, 4.69) is 50.0 Å². The molecule has 1 aromatic carbocycles. The van der Waals surface area contributed by atoms with Gasteiger partial charge in [0.15, 0.2) is 0 Å². The molecule has 0 spiro atoms. The fraction of sp³-hybridized carbons (Fsp3) is 0.389. The smallest absolute Gasteiger partial charge is 0.0969 e. The molecule has 2 unspecified atom stereocenters. The first-order valence-corrected chi connectivity index (χ1v) is 8.28. The molecule has 0 bridgehead atoms. The third-order valence-electron chi connectivity index (χ3n) is 3.53. The van der Waals surface area contributed by atoms with Crippen molar-refractivity contribution in [1.29, 1.82) is 0 Å². The Morgan fingerprint density at radius 2 is 1.71 bits per heavy atom. The lowest BCUT2D eigenvalue weighted by Crippen LogP contribution is -2.28. The molecule has 1 heterocycles. The predicted octanol–water partition coefficient (Wildman–Crippen LogP) is 4.52. The molecule has 112 valence electrons. The zero-order chi connectivity index (χ0) is 15.4. The molecule has 1 aromatic heterocycles. The Morgan fingerprint density at radius 3 is 2.29 bits per heavy atom. The second kappa shape index (κ2) is 7.10. The van der Waals surface area contributed by atoms with Crippen molar-refractivity contribution in [3.05, 3.63) is 59.3 Å². The summed E-state index contributed by atoms with van der Waals surface area (Å²) in [6.45, 7) is 8.60. The number of hydrogen-bond acceptors (Lipinski definition) is 3. The van der Waals surface area contributed by atoms with Gasteiger partial charge in [-0.2, -0.15) is 0 Å². The van der Waals surface area contributed by atoms with E-state index in [4.69, 9.17) is 5.73 Å². The first-order chi connectivity index (χ1) is 9.97. The molecule has 21 heavy (non-hydrogen) atoms. The first kappa shape index (κ1) is 16.1. The van der Waals surface area contributed by atoms with Gasteiger partial charge in [0.2, 0.25) is 0 Å². The van der Waals surface area contributed by atoms with E-state index < -0.39 is 0 Å². The van der Waals surface area contributed by atoms with Gasteiger partial charge in [-0.25, -0.2) is 4.98 Å². The maximum atomic E-state index is 6.52. The van der Waals surface area contributed by atoms with Crippen LogP contribution in [0.1, 0.15) is 36.7 Å². The van der Waals surface area contributed by atoms with E-state index >= 15 is 0 Å². The third-order valence-corrected chi connectivity index (χ3v) is 5.09. The summed E-state index contributed by atoms with van der Waals surface area (Å²) in [6, 6.07) is 14.6. The van der Waals surface area contributed by atoms with Gasteiger partial charge in [0, 0.05) is 17.0 Å². The van der Waals surface area contributed by atoms with E-state index in [1.165, 1.54) is 11.1 Å². The van der Waals surface area contributed by atoms with Crippen molar-refractivity contribution in [2.45, 2.75) is 44.0 Å². The Labute approximate surface area is 132 Å². The van der Waals surface area contributed by atoms with Crippen LogP contribution in [0.15, 0.2) is 47.5 Å². The molecule has 0 saturated carbocycles.